The molecule has 1 aliphatic carbocycles. The van der Waals surface area contributed by atoms with Gasteiger partial charge in [0.15, 0.2) is 0 Å². The molecule has 1 unspecified atom stereocenters. The van der Waals surface area contributed by atoms with Crippen LogP contribution in [0.4, 0.5) is 0 Å². The Morgan fingerprint density at radius 3 is 2.71 bits per heavy atom. The van der Waals surface area contributed by atoms with Crippen molar-refractivity contribution in [1.29, 1.82) is 0 Å². The van der Waals surface area contributed by atoms with Crippen LogP contribution in [0.25, 0.3) is 0 Å². The van der Waals surface area contributed by atoms with Gasteiger partial charge in [-0.05, 0) is 38.6 Å². The van der Waals surface area contributed by atoms with Crippen molar-refractivity contribution in [1.82, 2.24) is 5.32 Å². The fourth-order valence-electron chi connectivity index (χ4n) is 2.24. The minimum atomic E-state index is -0.752. The molecule has 1 rings (SSSR count). The minimum Gasteiger partial charge on any atom is -0.481 e. The van der Waals surface area contributed by atoms with E-state index >= 15 is 0 Å². The maximum atomic E-state index is 11.8. The first-order chi connectivity index (χ1) is 8.04. The molecule has 0 spiro atoms. The van der Waals surface area contributed by atoms with Gasteiger partial charge in [0.25, 0.3) is 0 Å². The summed E-state index contributed by atoms with van der Waals surface area (Å²) in [4.78, 5) is 22.6. The number of hydrogen-bond donors (Lipinski definition) is 3. The molecule has 1 saturated carbocycles. The maximum absolute atomic E-state index is 11.8. The Hall–Kier alpha value is -1.10. The van der Waals surface area contributed by atoms with Crippen LogP contribution in [0.5, 0.6) is 0 Å². The number of aliphatic carboxylic acids is 1. The maximum Gasteiger partial charge on any atom is 0.306 e. The lowest BCUT2D eigenvalue weighted by molar-refractivity contribution is -0.141. The molecule has 5 heteroatoms. The molecule has 3 atom stereocenters. The number of hydrogen-bond acceptors (Lipinski definition) is 3. The summed E-state index contributed by atoms with van der Waals surface area (Å²) in [5.41, 5.74) is 5.40. The Kier molecular flexibility index (Phi) is 5.41. The zero-order chi connectivity index (χ0) is 12.8. The van der Waals surface area contributed by atoms with Crippen LogP contribution in [0.15, 0.2) is 0 Å². The number of carbonyl (C=O) groups is 2. The standard InChI is InChI=1S/C12H22N2O3/c1-8(3-2-6-13)11(15)14-10-5-4-9(7-10)12(16)17/h8-10H,2-7,13H2,1H3,(H,14,15)(H,16,17)/t8?,9-,10+/m1/s1. The van der Waals surface area contributed by atoms with Crippen LogP contribution in [0, 0.1) is 11.8 Å². The lowest BCUT2D eigenvalue weighted by Gasteiger charge is -2.16. The van der Waals surface area contributed by atoms with Gasteiger partial charge in [0, 0.05) is 12.0 Å². The Morgan fingerprint density at radius 1 is 1.47 bits per heavy atom. The van der Waals surface area contributed by atoms with Gasteiger partial charge >= 0.3 is 5.97 Å². The van der Waals surface area contributed by atoms with Crippen molar-refractivity contribution in [2.24, 2.45) is 17.6 Å². The summed E-state index contributed by atoms with van der Waals surface area (Å²) < 4.78 is 0. The number of rotatable bonds is 6. The molecule has 1 fully saturated rings. The Labute approximate surface area is 102 Å². The predicted molar refractivity (Wildman–Crippen MR) is 64.4 cm³/mol. The number of carboxylic acid groups (broad SMARTS) is 1. The number of nitrogens with two attached hydrogens (primary N) is 1. The van der Waals surface area contributed by atoms with Crippen molar-refractivity contribution in [3.05, 3.63) is 0 Å². The zero-order valence-electron chi connectivity index (χ0n) is 10.3. The van der Waals surface area contributed by atoms with Gasteiger partial charge in [-0.3, -0.25) is 9.59 Å². The minimum absolute atomic E-state index is 0.0227. The number of nitrogens with one attached hydrogen (secondary N) is 1. The number of carboxylic acids is 1. The summed E-state index contributed by atoms with van der Waals surface area (Å²) in [5.74, 6) is -1.06. The van der Waals surface area contributed by atoms with Gasteiger partial charge in [0.2, 0.25) is 5.91 Å². The summed E-state index contributed by atoms with van der Waals surface area (Å²) >= 11 is 0. The zero-order valence-corrected chi connectivity index (χ0v) is 10.3. The first-order valence-electron chi connectivity index (χ1n) is 6.27. The van der Waals surface area contributed by atoms with Gasteiger partial charge in [-0.15, -0.1) is 0 Å². The fraction of sp³-hybridized carbons (Fsp3) is 0.833. The van der Waals surface area contributed by atoms with Crippen molar-refractivity contribution in [3.63, 3.8) is 0 Å². The average molecular weight is 242 g/mol. The second-order valence-electron chi connectivity index (χ2n) is 4.89. The van der Waals surface area contributed by atoms with Crippen molar-refractivity contribution < 1.29 is 14.7 Å². The van der Waals surface area contributed by atoms with Gasteiger partial charge < -0.3 is 16.2 Å². The monoisotopic (exact) mass is 242 g/mol. The van der Waals surface area contributed by atoms with E-state index in [9.17, 15) is 9.59 Å². The molecule has 0 aromatic heterocycles. The van der Waals surface area contributed by atoms with E-state index in [0.29, 0.717) is 19.4 Å². The van der Waals surface area contributed by atoms with E-state index in [-0.39, 0.29) is 23.8 Å². The third kappa shape index (κ3) is 4.34. The first-order valence-corrected chi connectivity index (χ1v) is 6.27. The van der Waals surface area contributed by atoms with Gasteiger partial charge in [-0.2, -0.15) is 0 Å². The van der Waals surface area contributed by atoms with Crippen molar-refractivity contribution in [2.75, 3.05) is 6.54 Å². The van der Waals surface area contributed by atoms with Crippen LogP contribution in [0.2, 0.25) is 0 Å². The van der Waals surface area contributed by atoms with Crippen LogP contribution in [0.1, 0.15) is 39.0 Å². The third-order valence-electron chi connectivity index (χ3n) is 3.42. The molecule has 17 heavy (non-hydrogen) atoms. The summed E-state index contributed by atoms with van der Waals surface area (Å²) in [6.45, 7) is 2.48. The highest BCUT2D eigenvalue weighted by atomic mass is 16.4. The summed E-state index contributed by atoms with van der Waals surface area (Å²) in [6, 6.07) is 0.0314. The van der Waals surface area contributed by atoms with E-state index in [1.807, 2.05) is 6.92 Å². The SMILES string of the molecule is CC(CCCN)C(=O)N[C@H]1CC[C@@H](C(=O)O)C1. The van der Waals surface area contributed by atoms with E-state index in [4.69, 9.17) is 10.8 Å². The fourth-order valence-corrected chi connectivity index (χ4v) is 2.24. The molecule has 1 aliphatic rings. The van der Waals surface area contributed by atoms with Crippen LogP contribution in [0.3, 0.4) is 0 Å². The lowest BCUT2D eigenvalue weighted by Crippen LogP contribution is -2.37. The first kappa shape index (κ1) is 14.0. The molecule has 0 radical (unpaired) electrons. The quantitative estimate of drug-likeness (QED) is 0.640. The molecule has 0 aromatic carbocycles. The van der Waals surface area contributed by atoms with E-state index in [1.165, 1.54) is 0 Å². The highest BCUT2D eigenvalue weighted by Crippen LogP contribution is 2.25. The molecule has 0 aromatic rings. The molecule has 5 nitrogen and oxygen atoms in total. The van der Waals surface area contributed by atoms with Crippen molar-refractivity contribution in [3.8, 4) is 0 Å². The van der Waals surface area contributed by atoms with Gasteiger partial charge in [0.1, 0.15) is 0 Å². The molecule has 4 N–H and O–H groups in total. The molecule has 0 aliphatic heterocycles. The Bertz CT molecular complexity index is 281. The smallest absolute Gasteiger partial charge is 0.306 e. The van der Waals surface area contributed by atoms with E-state index in [1.54, 1.807) is 0 Å². The van der Waals surface area contributed by atoms with Crippen LogP contribution in [-0.2, 0) is 9.59 Å². The van der Waals surface area contributed by atoms with Crippen molar-refractivity contribution in [2.45, 2.75) is 45.1 Å². The van der Waals surface area contributed by atoms with E-state index < -0.39 is 5.97 Å². The Morgan fingerprint density at radius 2 is 2.18 bits per heavy atom. The van der Waals surface area contributed by atoms with Crippen molar-refractivity contribution >= 4 is 11.9 Å². The third-order valence-corrected chi connectivity index (χ3v) is 3.42. The average Bonchev–Trinajstić information content (AvgIpc) is 2.74. The van der Waals surface area contributed by atoms with E-state index in [0.717, 1.165) is 19.3 Å². The van der Waals surface area contributed by atoms with Gasteiger partial charge in [-0.25, -0.2) is 0 Å². The van der Waals surface area contributed by atoms with Gasteiger partial charge in [-0.1, -0.05) is 6.92 Å². The molecular formula is C12H22N2O3. The summed E-state index contributed by atoms with van der Waals surface area (Å²) in [6.07, 6.45) is 3.63. The van der Waals surface area contributed by atoms with E-state index in [2.05, 4.69) is 5.32 Å². The number of carbonyl (C=O) groups excluding carboxylic acids is 1. The predicted octanol–water partition coefficient (Wildman–Crippen LogP) is 0.731. The summed E-state index contributed by atoms with van der Waals surface area (Å²) in [5, 5.41) is 11.8. The Balaban J connectivity index is 2.30. The lowest BCUT2D eigenvalue weighted by atomic mass is 10.0. The second kappa shape index (κ2) is 6.59. The molecule has 98 valence electrons. The van der Waals surface area contributed by atoms with Gasteiger partial charge in [0.05, 0.1) is 5.92 Å². The van der Waals surface area contributed by atoms with Crippen LogP contribution in [-0.4, -0.2) is 29.6 Å². The molecule has 0 heterocycles. The van der Waals surface area contributed by atoms with Crippen LogP contribution < -0.4 is 11.1 Å². The highest BCUT2D eigenvalue weighted by Gasteiger charge is 2.31. The molecule has 1 amide bonds. The largest absolute Gasteiger partial charge is 0.481 e. The topological polar surface area (TPSA) is 92.4 Å². The van der Waals surface area contributed by atoms with Crippen LogP contribution >= 0.6 is 0 Å². The molecule has 0 saturated heterocycles. The summed E-state index contributed by atoms with van der Waals surface area (Å²) in [7, 11) is 0. The normalized spacial score (nSPS) is 25.5. The molecular weight excluding hydrogens is 220 g/mol. The molecule has 0 bridgehead atoms. The second-order valence-corrected chi connectivity index (χ2v) is 4.89. The number of amides is 1. The highest BCUT2D eigenvalue weighted by molar-refractivity contribution is 5.78.